The molecule has 0 spiro atoms. The zero-order valence-electron chi connectivity index (χ0n) is 10.6. The smallest absolute Gasteiger partial charge is 0.229 e. The van der Waals surface area contributed by atoms with Gasteiger partial charge in [0.05, 0.1) is 12.3 Å². The Kier molecular flexibility index (Phi) is 3.82. The molecule has 0 unspecified atom stereocenters. The first kappa shape index (κ1) is 12.4. The summed E-state index contributed by atoms with van der Waals surface area (Å²) in [4.78, 5) is 4.27. The predicted octanol–water partition coefficient (Wildman–Crippen LogP) is 2.40. The second-order valence-corrected chi connectivity index (χ2v) is 4.34. The largest absolute Gasteiger partial charge is 0.491 e. The van der Waals surface area contributed by atoms with Gasteiger partial charge in [0, 0.05) is 12.3 Å². The van der Waals surface area contributed by atoms with E-state index < -0.39 is 0 Å². The van der Waals surface area contributed by atoms with Crippen LogP contribution in [0.3, 0.4) is 0 Å². The number of anilines is 1. The maximum Gasteiger partial charge on any atom is 0.229 e. The highest BCUT2D eigenvalue weighted by Gasteiger charge is 2.09. The van der Waals surface area contributed by atoms with Crippen LogP contribution in [0, 0.1) is 0 Å². The van der Waals surface area contributed by atoms with Gasteiger partial charge in [0.15, 0.2) is 5.82 Å². The number of para-hydroxylation sites is 2. The average molecular weight is 247 g/mol. The molecule has 0 atom stereocenters. The molecule has 0 aliphatic heterocycles. The van der Waals surface area contributed by atoms with Gasteiger partial charge in [-0.2, -0.15) is 4.98 Å². The minimum atomic E-state index is 0.247. The van der Waals surface area contributed by atoms with E-state index in [9.17, 15) is 0 Å². The molecule has 2 rings (SSSR count). The zero-order valence-corrected chi connectivity index (χ0v) is 10.6. The quantitative estimate of drug-likeness (QED) is 0.821. The highest BCUT2D eigenvalue weighted by Crippen LogP contribution is 2.19. The molecule has 0 aliphatic carbocycles. The standard InChI is InChI=1S/C13H17N3O2/c1-9(2)13-15-12(16-18-13)7-8-17-11-6-4-3-5-10(11)14/h3-6,9H,7-8,14H2,1-2H3. The van der Waals surface area contributed by atoms with Gasteiger partial charge in [-0.05, 0) is 12.1 Å². The van der Waals surface area contributed by atoms with E-state index in [0.29, 0.717) is 36.2 Å². The molecule has 0 saturated carbocycles. The Bertz CT molecular complexity index is 508. The molecule has 0 aliphatic rings. The minimum absolute atomic E-state index is 0.247. The summed E-state index contributed by atoms with van der Waals surface area (Å²) in [6.07, 6.45) is 0.602. The summed E-state index contributed by atoms with van der Waals surface area (Å²) in [6.45, 7) is 4.50. The van der Waals surface area contributed by atoms with Gasteiger partial charge in [-0.25, -0.2) is 0 Å². The second-order valence-electron chi connectivity index (χ2n) is 4.34. The lowest BCUT2D eigenvalue weighted by atomic mass is 10.2. The normalized spacial score (nSPS) is 10.8. The van der Waals surface area contributed by atoms with Crippen LogP contribution < -0.4 is 10.5 Å². The van der Waals surface area contributed by atoms with E-state index in [2.05, 4.69) is 10.1 Å². The lowest BCUT2D eigenvalue weighted by Crippen LogP contribution is -2.04. The van der Waals surface area contributed by atoms with Crippen LogP contribution in [0.15, 0.2) is 28.8 Å². The molecular weight excluding hydrogens is 230 g/mol. The van der Waals surface area contributed by atoms with Crippen LogP contribution in [0.25, 0.3) is 0 Å². The van der Waals surface area contributed by atoms with E-state index in [1.807, 2.05) is 32.0 Å². The number of hydrogen-bond donors (Lipinski definition) is 1. The second kappa shape index (κ2) is 5.53. The number of hydrogen-bond acceptors (Lipinski definition) is 5. The van der Waals surface area contributed by atoms with E-state index in [0.717, 1.165) is 0 Å². The summed E-state index contributed by atoms with van der Waals surface area (Å²) in [6, 6.07) is 7.40. The Hall–Kier alpha value is -2.04. The maximum absolute atomic E-state index is 5.77. The molecule has 0 fully saturated rings. The van der Waals surface area contributed by atoms with Crippen molar-refractivity contribution in [2.45, 2.75) is 26.2 Å². The van der Waals surface area contributed by atoms with E-state index >= 15 is 0 Å². The number of rotatable bonds is 5. The van der Waals surface area contributed by atoms with Crippen LogP contribution in [0.1, 0.15) is 31.5 Å². The Morgan fingerprint density at radius 3 is 2.78 bits per heavy atom. The van der Waals surface area contributed by atoms with Crippen molar-refractivity contribution < 1.29 is 9.26 Å². The Balaban J connectivity index is 1.87. The molecule has 0 radical (unpaired) electrons. The van der Waals surface area contributed by atoms with Gasteiger partial charge in [0.1, 0.15) is 5.75 Å². The van der Waals surface area contributed by atoms with Crippen molar-refractivity contribution in [3.05, 3.63) is 36.0 Å². The Labute approximate surface area is 106 Å². The molecule has 0 amide bonds. The fourth-order valence-electron chi connectivity index (χ4n) is 1.47. The van der Waals surface area contributed by atoms with Gasteiger partial charge < -0.3 is 15.0 Å². The van der Waals surface area contributed by atoms with E-state index in [4.69, 9.17) is 15.0 Å². The zero-order chi connectivity index (χ0) is 13.0. The number of nitrogens with zero attached hydrogens (tertiary/aromatic N) is 2. The molecular formula is C13H17N3O2. The molecule has 1 aromatic carbocycles. The monoisotopic (exact) mass is 247 g/mol. The molecule has 5 nitrogen and oxygen atoms in total. The molecule has 1 aromatic heterocycles. The SMILES string of the molecule is CC(C)c1nc(CCOc2ccccc2N)no1. The van der Waals surface area contributed by atoms with Gasteiger partial charge in [0.2, 0.25) is 5.89 Å². The topological polar surface area (TPSA) is 74.2 Å². The number of nitrogen functional groups attached to an aromatic ring is 1. The third-order valence-electron chi connectivity index (χ3n) is 2.48. The Morgan fingerprint density at radius 1 is 1.33 bits per heavy atom. The predicted molar refractivity (Wildman–Crippen MR) is 68.4 cm³/mol. The minimum Gasteiger partial charge on any atom is -0.491 e. The lowest BCUT2D eigenvalue weighted by Gasteiger charge is -2.06. The van der Waals surface area contributed by atoms with Crippen LogP contribution in [-0.4, -0.2) is 16.7 Å². The first-order valence-corrected chi connectivity index (χ1v) is 5.96. The summed E-state index contributed by atoms with van der Waals surface area (Å²) < 4.78 is 10.7. The summed E-state index contributed by atoms with van der Waals surface area (Å²) in [5.74, 6) is 2.25. The highest BCUT2D eigenvalue weighted by molar-refractivity contribution is 5.51. The van der Waals surface area contributed by atoms with Gasteiger partial charge >= 0.3 is 0 Å². The third kappa shape index (κ3) is 3.00. The van der Waals surface area contributed by atoms with Crippen molar-refractivity contribution in [2.75, 3.05) is 12.3 Å². The maximum atomic E-state index is 5.77. The molecule has 1 heterocycles. The van der Waals surface area contributed by atoms with Gasteiger partial charge in [-0.3, -0.25) is 0 Å². The number of benzene rings is 1. The summed E-state index contributed by atoms with van der Waals surface area (Å²) in [5, 5.41) is 3.89. The third-order valence-corrected chi connectivity index (χ3v) is 2.48. The molecule has 5 heteroatoms. The Morgan fingerprint density at radius 2 is 2.11 bits per heavy atom. The fraction of sp³-hybridized carbons (Fsp3) is 0.385. The summed E-state index contributed by atoms with van der Waals surface area (Å²) >= 11 is 0. The van der Waals surface area contributed by atoms with Crippen molar-refractivity contribution in [1.82, 2.24) is 10.1 Å². The van der Waals surface area contributed by atoms with Crippen molar-refractivity contribution >= 4 is 5.69 Å². The van der Waals surface area contributed by atoms with Gasteiger partial charge in [0.25, 0.3) is 0 Å². The molecule has 96 valence electrons. The van der Waals surface area contributed by atoms with Crippen molar-refractivity contribution in [3.63, 3.8) is 0 Å². The van der Waals surface area contributed by atoms with Crippen LogP contribution in [-0.2, 0) is 6.42 Å². The van der Waals surface area contributed by atoms with Gasteiger partial charge in [-0.15, -0.1) is 0 Å². The summed E-state index contributed by atoms with van der Waals surface area (Å²) in [5.41, 5.74) is 6.40. The average Bonchev–Trinajstić information content (AvgIpc) is 2.80. The van der Waals surface area contributed by atoms with Crippen LogP contribution in [0.5, 0.6) is 5.75 Å². The molecule has 18 heavy (non-hydrogen) atoms. The van der Waals surface area contributed by atoms with Crippen LogP contribution in [0.2, 0.25) is 0 Å². The molecule has 2 N–H and O–H groups in total. The lowest BCUT2D eigenvalue weighted by molar-refractivity contribution is 0.314. The van der Waals surface area contributed by atoms with Gasteiger partial charge in [-0.1, -0.05) is 31.1 Å². The number of ether oxygens (including phenoxy) is 1. The van der Waals surface area contributed by atoms with Crippen molar-refractivity contribution in [2.24, 2.45) is 0 Å². The van der Waals surface area contributed by atoms with E-state index in [1.165, 1.54) is 0 Å². The van der Waals surface area contributed by atoms with Crippen LogP contribution in [0.4, 0.5) is 5.69 Å². The number of aromatic nitrogens is 2. The van der Waals surface area contributed by atoms with Crippen LogP contribution >= 0.6 is 0 Å². The summed E-state index contributed by atoms with van der Waals surface area (Å²) in [7, 11) is 0. The van der Waals surface area contributed by atoms with E-state index in [-0.39, 0.29) is 5.92 Å². The first-order valence-electron chi connectivity index (χ1n) is 5.96. The molecule has 0 bridgehead atoms. The molecule has 0 saturated heterocycles. The fourth-order valence-corrected chi connectivity index (χ4v) is 1.47. The highest BCUT2D eigenvalue weighted by atomic mass is 16.5. The van der Waals surface area contributed by atoms with Crippen molar-refractivity contribution in [3.8, 4) is 5.75 Å². The molecule has 2 aromatic rings. The first-order chi connectivity index (χ1) is 8.66. The van der Waals surface area contributed by atoms with E-state index in [1.54, 1.807) is 6.07 Å². The van der Waals surface area contributed by atoms with Crippen molar-refractivity contribution in [1.29, 1.82) is 0 Å². The number of nitrogens with two attached hydrogens (primary N) is 1.